The molecule has 3 nitrogen and oxygen atoms in total. The Hall–Kier alpha value is -0.450. The van der Waals surface area contributed by atoms with Gasteiger partial charge in [0.25, 0.3) is 0 Å². The molecule has 2 heterocycles. The molecule has 2 aromatic rings. The number of halogens is 3. The smallest absolute Gasteiger partial charge is 0.221 e. The van der Waals surface area contributed by atoms with Crippen molar-refractivity contribution in [1.82, 2.24) is 15.0 Å². The molecule has 6 heteroatoms. The van der Waals surface area contributed by atoms with Gasteiger partial charge in [0.15, 0.2) is 5.65 Å². The Balaban J connectivity index is 2.86. The summed E-state index contributed by atoms with van der Waals surface area (Å²) in [5.74, 6) is 0. The van der Waals surface area contributed by atoms with Gasteiger partial charge in [0.05, 0.1) is 5.39 Å². The highest BCUT2D eigenvalue weighted by molar-refractivity contribution is 9.10. The van der Waals surface area contributed by atoms with Crippen molar-refractivity contribution in [1.29, 1.82) is 0 Å². The molecule has 0 aliphatic rings. The standard InChI is InChI=1S/C7H2BrCl2N3/c8-4-2-1-3-5(9)12-7(10)13-6(3)11-4/h1-2H. The fourth-order valence-corrected chi connectivity index (χ4v) is 1.66. The number of aromatic nitrogens is 3. The second-order valence-electron chi connectivity index (χ2n) is 2.29. The minimum Gasteiger partial charge on any atom is -0.221 e. The Morgan fingerprint density at radius 3 is 2.62 bits per heavy atom. The zero-order valence-electron chi connectivity index (χ0n) is 6.13. The van der Waals surface area contributed by atoms with Crippen molar-refractivity contribution in [2.75, 3.05) is 0 Å². The van der Waals surface area contributed by atoms with Crippen LogP contribution in [-0.4, -0.2) is 15.0 Å². The van der Waals surface area contributed by atoms with Gasteiger partial charge in [-0.05, 0) is 39.7 Å². The van der Waals surface area contributed by atoms with E-state index in [1.807, 2.05) is 0 Å². The molecule has 0 atom stereocenters. The summed E-state index contributed by atoms with van der Waals surface area (Å²) in [7, 11) is 0. The van der Waals surface area contributed by atoms with E-state index in [2.05, 4.69) is 30.9 Å². The zero-order valence-corrected chi connectivity index (χ0v) is 9.23. The first-order chi connectivity index (χ1) is 6.16. The van der Waals surface area contributed by atoms with Crippen LogP contribution in [0.5, 0.6) is 0 Å². The molecule has 0 saturated carbocycles. The Kier molecular flexibility index (Phi) is 2.36. The molecule has 0 saturated heterocycles. The van der Waals surface area contributed by atoms with Crippen molar-refractivity contribution >= 4 is 50.2 Å². The molecule has 66 valence electrons. The molecule has 0 spiro atoms. The molecular weight excluding hydrogens is 277 g/mol. The maximum Gasteiger partial charge on any atom is 0.225 e. The normalized spacial score (nSPS) is 10.7. The second kappa shape index (κ2) is 3.36. The van der Waals surface area contributed by atoms with Crippen molar-refractivity contribution in [2.24, 2.45) is 0 Å². The molecule has 2 aromatic heterocycles. The van der Waals surface area contributed by atoms with Gasteiger partial charge in [0.2, 0.25) is 5.28 Å². The fraction of sp³-hybridized carbons (Fsp3) is 0. The van der Waals surface area contributed by atoms with E-state index in [1.165, 1.54) is 0 Å². The Morgan fingerprint density at radius 2 is 1.85 bits per heavy atom. The van der Waals surface area contributed by atoms with Gasteiger partial charge in [-0.1, -0.05) is 11.6 Å². The summed E-state index contributed by atoms with van der Waals surface area (Å²) in [6, 6.07) is 3.55. The van der Waals surface area contributed by atoms with Crippen LogP contribution >= 0.6 is 39.1 Å². The van der Waals surface area contributed by atoms with Crippen molar-refractivity contribution in [3.8, 4) is 0 Å². The average molecular weight is 279 g/mol. The lowest BCUT2D eigenvalue weighted by molar-refractivity contribution is 1.17. The van der Waals surface area contributed by atoms with Crippen molar-refractivity contribution < 1.29 is 0 Å². The maximum absolute atomic E-state index is 5.82. The number of nitrogens with zero attached hydrogens (tertiary/aromatic N) is 3. The monoisotopic (exact) mass is 277 g/mol. The van der Waals surface area contributed by atoms with E-state index in [9.17, 15) is 0 Å². The van der Waals surface area contributed by atoms with Gasteiger partial charge in [-0.2, -0.15) is 4.98 Å². The first-order valence-corrected chi connectivity index (χ1v) is 4.87. The van der Waals surface area contributed by atoms with E-state index < -0.39 is 0 Å². The van der Waals surface area contributed by atoms with Gasteiger partial charge >= 0.3 is 0 Å². The van der Waals surface area contributed by atoms with Gasteiger partial charge in [-0.15, -0.1) is 0 Å². The Morgan fingerprint density at radius 1 is 1.08 bits per heavy atom. The summed E-state index contributed by atoms with van der Waals surface area (Å²) in [5, 5.41) is 1.10. The molecule has 0 radical (unpaired) electrons. The molecule has 0 aliphatic carbocycles. The van der Waals surface area contributed by atoms with E-state index in [-0.39, 0.29) is 5.28 Å². The first-order valence-electron chi connectivity index (χ1n) is 3.32. The van der Waals surface area contributed by atoms with Crippen molar-refractivity contribution in [2.45, 2.75) is 0 Å². The summed E-state index contributed by atoms with van der Waals surface area (Å²) in [4.78, 5) is 11.8. The predicted octanol–water partition coefficient (Wildman–Crippen LogP) is 3.09. The van der Waals surface area contributed by atoms with Crippen molar-refractivity contribution in [3.63, 3.8) is 0 Å². The number of rotatable bonds is 0. The minimum absolute atomic E-state index is 0.100. The van der Waals surface area contributed by atoms with Crippen LogP contribution in [0, 0.1) is 0 Å². The van der Waals surface area contributed by atoms with Crippen LogP contribution in [0.25, 0.3) is 11.0 Å². The minimum atomic E-state index is 0.100. The van der Waals surface area contributed by atoms with Crippen LogP contribution in [0.15, 0.2) is 16.7 Å². The summed E-state index contributed by atoms with van der Waals surface area (Å²) in [6.45, 7) is 0. The summed E-state index contributed by atoms with van der Waals surface area (Å²) < 4.78 is 0.686. The maximum atomic E-state index is 5.82. The third-order valence-electron chi connectivity index (χ3n) is 1.45. The molecule has 0 fully saturated rings. The molecular formula is C7H2BrCl2N3. The van der Waals surface area contributed by atoms with Crippen LogP contribution < -0.4 is 0 Å². The topological polar surface area (TPSA) is 38.7 Å². The number of fused-ring (bicyclic) bond motifs is 1. The molecule has 2 rings (SSSR count). The van der Waals surface area contributed by atoms with Gasteiger partial charge in [-0.25, -0.2) is 9.97 Å². The lowest BCUT2D eigenvalue weighted by atomic mass is 10.3. The largest absolute Gasteiger partial charge is 0.225 e. The van der Waals surface area contributed by atoms with Gasteiger partial charge in [0, 0.05) is 0 Å². The Labute approximate surface area is 92.2 Å². The van der Waals surface area contributed by atoms with Crippen LogP contribution in [0.3, 0.4) is 0 Å². The highest BCUT2D eigenvalue weighted by Gasteiger charge is 2.05. The van der Waals surface area contributed by atoms with E-state index in [0.29, 0.717) is 20.8 Å². The number of pyridine rings is 1. The van der Waals surface area contributed by atoms with Gasteiger partial charge in [-0.3, -0.25) is 0 Å². The van der Waals surface area contributed by atoms with E-state index >= 15 is 0 Å². The second-order valence-corrected chi connectivity index (χ2v) is 3.80. The lowest BCUT2D eigenvalue weighted by Crippen LogP contribution is -1.89. The molecule has 0 aromatic carbocycles. The molecule has 0 aliphatic heterocycles. The summed E-state index contributed by atoms with van der Waals surface area (Å²) in [5.41, 5.74) is 0.486. The molecule has 0 unspecified atom stereocenters. The van der Waals surface area contributed by atoms with E-state index in [1.54, 1.807) is 12.1 Å². The van der Waals surface area contributed by atoms with E-state index in [4.69, 9.17) is 23.2 Å². The molecule has 0 bridgehead atoms. The molecule has 0 N–H and O–H groups in total. The van der Waals surface area contributed by atoms with Gasteiger partial charge in [0.1, 0.15) is 9.76 Å². The third kappa shape index (κ3) is 1.75. The molecule has 0 amide bonds. The summed E-state index contributed by atoms with van der Waals surface area (Å²) >= 11 is 14.7. The van der Waals surface area contributed by atoms with E-state index in [0.717, 1.165) is 0 Å². The quantitative estimate of drug-likeness (QED) is 0.422. The SMILES string of the molecule is Clc1nc(Cl)c2ccc(Br)nc2n1. The third-order valence-corrected chi connectivity index (χ3v) is 2.35. The fourth-order valence-electron chi connectivity index (χ4n) is 0.925. The highest BCUT2D eigenvalue weighted by Crippen LogP contribution is 2.21. The lowest BCUT2D eigenvalue weighted by Gasteiger charge is -1.98. The average Bonchev–Trinajstić information content (AvgIpc) is 2.02. The van der Waals surface area contributed by atoms with Crippen LogP contribution in [0.1, 0.15) is 0 Å². The van der Waals surface area contributed by atoms with Crippen LogP contribution in [0.4, 0.5) is 0 Å². The van der Waals surface area contributed by atoms with Crippen molar-refractivity contribution in [3.05, 3.63) is 27.2 Å². The number of hydrogen-bond donors (Lipinski definition) is 0. The molecule has 13 heavy (non-hydrogen) atoms. The number of hydrogen-bond acceptors (Lipinski definition) is 3. The first kappa shape index (κ1) is 9.12. The van der Waals surface area contributed by atoms with Gasteiger partial charge < -0.3 is 0 Å². The highest BCUT2D eigenvalue weighted by atomic mass is 79.9. The van der Waals surface area contributed by atoms with Crippen LogP contribution in [0.2, 0.25) is 10.4 Å². The zero-order chi connectivity index (χ0) is 9.42. The Bertz CT molecular complexity index is 469. The van der Waals surface area contributed by atoms with Crippen LogP contribution in [-0.2, 0) is 0 Å². The summed E-state index contributed by atoms with van der Waals surface area (Å²) in [6.07, 6.45) is 0. The predicted molar refractivity (Wildman–Crippen MR) is 55.1 cm³/mol.